The minimum absolute atomic E-state index is 0. The number of nitrogens with two attached hydrogens (primary N) is 1. The van der Waals surface area contributed by atoms with E-state index in [9.17, 15) is 9.59 Å². The lowest BCUT2D eigenvalue weighted by molar-refractivity contribution is 0.699. The lowest BCUT2D eigenvalue weighted by Gasteiger charge is -2.09. The number of hydrogen-bond donors (Lipinski definition) is 1. The highest BCUT2D eigenvalue weighted by Gasteiger charge is 2.18. The molecule has 0 saturated heterocycles. The van der Waals surface area contributed by atoms with Gasteiger partial charge in [0.2, 0.25) is 0 Å². The van der Waals surface area contributed by atoms with Crippen LogP contribution in [-0.4, -0.2) is 18.7 Å². The Morgan fingerprint density at radius 3 is 2.35 bits per heavy atom. The van der Waals surface area contributed by atoms with Gasteiger partial charge in [0.15, 0.2) is 11.2 Å². The second kappa shape index (κ2) is 6.39. The van der Waals surface area contributed by atoms with E-state index >= 15 is 0 Å². The molecular weight excluding hydrogens is 318 g/mol. The first-order valence-electron chi connectivity index (χ1n) is 6.93. The van der Waals surface area contributed by atoms with Gasteiger partial charge in [0.1, 0.15) is 5.82 Å². The largest absolute Gasteiger partial charge is 0.332 e. The zero-order valence-electron chi connectivity index (χ0n) is 12.9. The van der Waals surface area contributed by atoms with Crippen LogP contribution in [0.2, 0.25) is 0 Å². The van der Waals surface area contributed by atoms with Crippen LogP contribution in [0.4, 0.5) is 0 Å². The van der Waals surface area contributed by atoms with E-state index in [1.54, 1.807) is 11.6 Å². The fourth-order valence-electron chi connectivity index (χ4n) is 2.58. The fourth-order valence-corrected chi connectivity index (χ4v) is 2.58. The van der Waals surface area contributed by atoms with Crippen LogP contribution in [0.15, 0.2) is 39.9 Å². The Labute approximate surface area is 138 Å². The van der Waals surface area contributed by atoms with E-state index in [4.69, 9.17) is 5.73 Å². The van der Waals surface area contributed by atoms with E-state index < -0.39 is 5.69 Å². The Kier molecular flexibility index (Phi) is 4.72. The fraction of sp³-hybridized carbons (Fsp3) is 0.267. The SMILES string of the molecule is Cl.Cn1c(=O)c2c(nc(CN)n2Cc2ccccc2)n(C)c1=O. The van der Waals surface area contributed by atoms with Gasteiger partial charge in [-0.05, 0) is 5.56 Å². The van der Waals surface area contributed by atoms with Gasteiger partial charge in [-0.3, -0.25) is 13.9 Å². The first kappa shape index (κ1) is 17.0. The van der Waals surface area contributed by atoms with Crippen LogP contribution in [-0.2, 0) is 27.2 Å². The lowest BCUT2D eigenvalue weighted by atomic mass is 10.2. The Morgan fingerprint density at radius 2 is 1.74 bits per heavy atom. The number of benzene rings is 1. The molecule has 0 bridgehead atoms. The van der Waals surface area contributed by atoms with Gasteiger partial charge in [0, 0.05) is 20.6 Å². The molecule has 0 aliphatic rings. The van der Waals surface area contributed by atoms with Gasteiger partial charge in [-0.2, -0.15) is 0 Å². The third-order valence-corrected chi connectivity index (χ3v) is 3.79. The lowest BCUT2D eigenvalue weighted by Crippen LogP contribution is -2.37. The monoisotopic (exact) mass is 335 g/mol. The van der Waals surface area contributed by atoms with Crippen LogP contribution in [0.5, 0.6) is 0 Å². The normalized spacial score (nSPS) is 10.7. The number of aryl methyl sites for hydroxylation is 1. The number of imidazole rings is 1. The van der Waals surface area contributed by atoms with E-state index in [0.717, 1.165) is 10.1 Å². The van der Waals surface area contributed by atoms with Crippen LogP contribution in [0.25, 0.3) is 11.2 Å². The van der Waals surface area contributed by atoms with Crippen molar-refractivity contribution < 1.29 is 0 Å². The van der Waals surface area contributed by atoms with E-state index in [0.29, 0.717) is 23.5 Å². The van der Waals surface area contributed by atoms with Crippen molar-refractivity contribution in [2.45, 2.75) is 13.1 Å². The summed E-state index contributed by atoms with van der Waals surface area (Å²) in [5.74, 6) is 0.581. The summed E-state index contributed by atoms with van der Waals surface area (Å²) < 4.78 is 4.25. The number of aromatic nitrogens is 4. The number of halogens is 1. The van der Waals surface area contributed by atoms with Crippen molar-refractivity contribution in [1.29, 1.82) is 0 Å². The third kappa shape index (κ3) is 2.69. The van der Waals surface area contributed by atoms with E-state index in [1.165, 1.54) is 11.6 Å². The number of rotatable bonds is 3. The molecule has 1 aromatic carbocycles. The molecule has 0 aliphatic carbocycles. The molecule has 0 unspecified atom stereocenters. The molecule has 3 aromatic rings. The molecule has 0 radical (unpaired) electrons. The first-order valence-corrected chi connectivity index (χ1v) is 6.93. The summed E-state index contributed by atoms with van der Waals surface area (Å²) in [5.41, 5.74) is 6.80. The molecule has 0 saturated carbocycles. The maximum atomic E-state index is 12.5. The average Bonchev–Trinajstić information content (AvgIpc) is 2.90. The Balaban J connectivity index is 0.00000192. The predicted octanol–water partition coefficient (Wildman–Crippen LogP) is 0.362. The summed E-state index contributed by atoms with van der Waals surface area (Å²) in [5, 5.41) is 0. The summed E-state index contributed by atoms with van der Waals surface area (Å²) in [7, 11) is 3.07. The van der Waals surface area contributed by atoms with Crippen LogP contribution in [0.3, 0.4) is 0 Å². The van der Waals surface area contributed by atoms with Crippen molar-refractivity contribution in [3.05, 3.63) is 62.6 Å². The second-order valence-electron chi connectivity index (χ2n) is 5.18. The molecule has 3 rings (SSSR count). The summed E-state index contributed by atoms with van der Waals surface area (Å²) in [6.07, 6.45) is 0. The van der Waals surface area contributed by atoms with Gasteiger partial charge in [0.25, 0.3) is 5.56 Å². The highest BCUT2D eigenvalue weighted by molar-refractivity contribution is 5.85. The zero-order valence-corrected chi connectivity index (χ0v) is 13.7. The molecule has 7 nitrogen and oxygen atoms in total. The molecule has 122 valence electrons. The molecule has 23 heavy (non-hydrogen) atoms. The summed E-state index contributed by atoms with van der Waals surface area (Å²) in [6, 6.07) is 9.74. The summed E-state index contributed by atoms with van der Waals surface area (Å²) in [4.78, 5) is 28.9. The molecule has 0 amide bonds. The van der Waals surface area contributed by atoms with Gasteiger partial charge in [-0.15, -0.1) is 12.4 Å². The summed E-state index contributed by atoms with van der Waals surface area (Å²) >= 11 is 0. The van der Waals surface area contributed by atoms with Crippen molar-refractivity contribution >= 4 is 23.6 Å². The van der Waals surface area contributed by atoms with Crippen LogP contribution in [0, 0.1) is 0 Å². The van der Waals surface area contributed by atoms with Crippen molar-refractivity contribution in [2.75, 3.05) is 0 Å². The van der Waals surface area contributed by atoms with E-state index in [2.05, 4.69) is 4.98 Å². The maximum Gasteiger partial charge on any atom is 0.332 e. The number of hydrogen-bond acceptors (Lipinski definition) is 4. The smallest absolute Gasteiger partial charge is 0.324 e. The standard InChI is InChI=1S/C15H17N5O2.ClH/c1-18-13-12(14(21)19(2)15(18)22)20(11(8-16)17-13)9-10-6-4-3-5-7-10;/h3-7H,8-9,16H2,1-2H3;1H. The maximum absolute atomic E-state index is 12.5. The van der Waals surface area contributed by atoms with Gasteiger partial charge in [-0.25, -0.2) is 9.78 Å². The molecule has 2 aromatic heterocycles. The average molecular weight is 336 g/mol. The zero-order chi connectivity index (χ0) is 15.9. The van der Waals surface area contributed by atoms with Crippen molar-refractivity contribution in [2.24, 2.45) is 19.8 Å². The van der Waals surface area contributed by atoms with Crippen LogP contribution in [0.1, 0.15) is 11.4 Å². The van der Waals surface area contributed by atoms with Crippen LogP contribution < -0.4 is 17.0 Å². The minimum Gasteiger partial charge on any atom is -0.324 e. The van der Waals surface area contributed by atoms with Gasteiger partial charge in [0.05, 0.1) is 6.54 Å². The molecule has 0 spiro atoms. The molecule has 0 atom stereocenters. The van der Waals surface area contributed by atoms with Gasteiger partial charge < -0.3 is 10.3 Å². The van der Waals surface area contributed by atoms with Gasteiger partial charge >= 0.3 is 5.69 Å². The topological polar surface area (TPSA) is 87.8 Å². The number of nitrogens with zero attached hydrogens (tertiary/aromatic N) is 4. The number of fused-ring (bicyclic) bond motifs is 1. The van der Waals surface area contributed by atoms with E-state index in [1.807, 2.05) is 30.3 Å². The molecule has 0 fully saturated rings. The summed E-state index contributed by atoms with van der Waals surface area (Å²) in [6.45, 7) is 0.677. The Bertz CT molecular complexity index is 956. The van der Waals surface area contributed by atoms with Crippen molar-refractivity contribution in [3.63, 3.8) is 0 Å². The first-order chi connectivity index (χ1) is 10.5. The van der Waals surface area contributed by atoms with Gasteiger partial charge in [-0.1, -0.05) is 30.3 Å². The van der Waals surface area contributed by atoms with Crippen LogP contribution >= 0.6 is 12.4 Å². The highest BCUT2D eigenvalue weighted by atomic mass is 35.5. The molecule has 2 heterocycles. The predicted molar refractivity (Wildman–Crippen MR) is 90.9 cm³/mol. The van der Waals surface area contributed by atoms with Crippen molar-refractivity contribution in [1.82, 2.24) is 18.7 Å². The quantitative estimate of drug-likeness (QED) is 0.748. The Hall–Kier alpha value is -2.38. The second-order valence-corrected chi connectivity index (χ2v) is 5.18. The van der Waals surface area contributed by atoms with Crippen molar-refractivity contribution in [3.8, 4) is 0 Å². The Morgan fingerprint density at radius 1 is 1.09 bits per heavy atom. The molecular formula is C15H18ClN5O2. The minimum atomic E-state index is -0.398. The third-order valence-electron chi connectivity index (χ3n) is 3.79. The molecule has 0 aliphatic heterocycles. The van der Waals surface area contributed by atoms with E-state index in [-0.39, 0.29) is 24.5 Å². The molecule has 8 heteroatoms. The highest BCUT2D eigenvalue weighted by Crippen LogP contribution is 2.13. The molecule has 2 N–H and O–H groups in total.